The standard InChI is InChI=1S/C8H9F4NO3/c1-13(2)6(14)7(15)16-4-3-5(9)8(10,11)12/h3H,4H2,1-2H3/b5-3-. The second-order valence-corrected chi connectivity index (χ2v) is 2.85. The van der Waals surface area contributed by atoms with Crippen LogP contribution in [0.4, 0.5) is 17.6 Å². The molecule has 4 nitrogen and oxygen atoms in total. The number of hydrogen-bond acceptors (Lipinski definition) is 3. The summed E-state index contributed by atoms with van der Waals surface area (Å²) in [6, 6.07) is 0. The Bertz CT molecular complexity index is 309. The Labute approximate surface area is 88.5 Å². The fourth-order valence-corrected chi connectivity index (χ4v) is 0.551. The van der Waals surface area contributed by atoms with Crippen LogP contribution in [0.15, 0.2) is 11.9 Å². The van der Waals surface area contributed by atoms with Crippen LogP contribution in [0.1, 0.15) is 0 Å². The van der Waals surface area contributed by atoms with Crippen LogP contribution in [0, 0.1) is 0 Å². The number of likely N-dealkylation sites (N-methyl/N-ethyl adjacent to an activating group) is 1. The highest BCUT2D eigenvalue weighted by Gasteiger charge is 2.34. The molecule has 0 bridgehead atoms. The average Bonchev–Trinajstić information content (AvgIpc) is 2.14. The highest BCUT2D eigenvalue weighted by atomic mass is 19.4. The summed E-state index contributed by atoms with van der Waals surface area (Å²) in [6.45, 7) is -0.955. The number of amides is 1. The molecular formula is C8H9F4NO3. The zero-order valence-electron chi connectivity index (χ0n) is 8.47. The fourth-order valence-electron chi connectivity index (χ4n) is 0.551. The highest BCUT2D eigenvalue weighted by molar-refractivity contribution is 6.32. The number of alkyl halides is 3. The number of nitrogens with zero attached hydrogens (tertiary/aromatic N) is 1. The van der Waals surface area contributed by atoms with Gasteiger partial charge in [0, 0.05) is 14.1 Å². The van der Waals surface area contributed by atoms with Gasteiger partial charge in [-0.15, -0.1) is 0 Å². The molecule has 0 aliphatic heterocycles. The second kappa shape index (κ2) is 5.47. The van der Waals surface area contributed by atoms with Gasteiger partial charge in [-0.25, -0.2) is 9.18 Å². The summed E-state index contributed by atoms with van der Waals surface area (Å²) < 4.78 is 51.1. The number of rotatable bonds is 2. The monoisotopic (exact) mass is 243 g/mol. The molecule has 0 aromatic heterocycles. The van der Waals surface area contributed by atoms with Gasteiger partial charge in [0.15, 0.2) is 0 Å². The van der Waals surface area contributed by atoms with Gasteiger partial charge in [0.1, 0.15) is 6.61 Å². The Hall–Kier alpha value is -1.60. The van der Waals surface area contributed by atoms with Crippen molar-refractivity contribution in [3.63, 3.8) is 0 Å². The average molecular weight is 243 g/mol. The molecule has 0 unspecified atom stereocenters. The van der Waals surface area contributed by atoms with E-state index in [-0.39, 0.29) is 6.08 Å². The van der Waals surface area contributed by atoms with Crippen LogP contribution < -0.4 is 0 Å². The van der Waals surface area contributed by atoms with Gasteiger partial charge in [-0.1, -0.05) is 0 Å². The van der Waals surface area contributed by atoms with Gasteiger partial charge in [0.05, 0.1) is 0 Å². The molecule has 1 amide bonds. The highest BCUT2D eigenvalue weighted by Crippen LogP contribution is 2.25. The first-order chi connectivity index (χ1) is 7.16. The molecular weight excluding hydrogens is 234 g/mol. The lowest BCUT2D eigenvalue weighted by molar-refractivity contribution is -0.158. The van der Waals surface area contributed by atoms with E-state index in [0.29, 0.717) is 0 Å². The number of esters is 1. The summed E-state index contributed by atoms with van der Waals surface area (Å²) in [4.78, 5) is 22.5. The van der Waals surface area contributed by atoms with Crippen molar-refractivity contribution in [3.8, 4) is 0 Å². The van der Waals surface area contributed by atoms with E-state index in [1.54, 1.807) is 0 Å². The molecule has 0 aromatic carbocycles. The maximum absolute atomic E-state index is 12.2. The van der Waals surface area contributed by atoms with Crippen molar-refractivity contribution in [2.24, 2.45) is 0 Å². The SMILES string of the molecule is CN(C)C(=O)C(=O)OC/C=C(\F)C(F)(F)F. The Morgan fingerprint density at radius 1 is 1.31 bits per heavy atom. The minimum absolute atomic E-state index is 0.0286. The molecule has 0 saturated heterocycles. The lowest BCUT2D eigenvalue weighted by Gasteiger charge is -2.08. The Morgan fingerprint density at radius 2 is 1.81 bits per heavy atom. The summed E-state index contributed by atoms with van der Waals surface area (Å²) >= 11 is 0. The van der Waals surface area contributed by atoms with Crippen molar-refractivity contribution >= 4 is 11.9 Å². The molecule has 0 spiro atoms. The molecule has 8 heteroatoms. The Morgan fingerprint density at radius 3 is 2.19 bits per heavy atom. The first kappa shape index (κ1) is 14.4. The maximum atomic E-state index is 12.2. The molecule has 92 valence electrons. The van der Waals surface area contributed by atoms with Gasteiger partial charge in [-0.3, -0.25) is 4.79 Å². The lowest BCUT2D eigenvalue weighted by Crippen LogP contribution is -2.31. The topological polar surface area (TPSA) is 46.6 Å². The number of carbonyl (C=O) groups is 2. The molecule has 0 fully saturated rings. The minimum Gasteiger partial charge on any atom is -0.454 e. The van der Waals surface area contributed by atoms with Crippen LogP contribution in [0.3, 0.4) is 0 Å². The van der Waals surface area contributed by atoms with Gasteiger partial charge in [0.25, 0.3) is 0 Å². The zero-order valence-corrected chi connectivity index (χ0v) is 8.47. The maximum Gasteiger partial charge on any atom is 0.442 e. The van der Waals surface area contributed by atoms with E-state index in [2.05, 4.69) is 4.74 Å². The molecule has 16 heavy (non-hydrogen) atoms. The summed E-state index contributed by atoms with van der Waals surface area (Å²) in [5, 5.41) is 0. The molecule has 0 heterocycles. The van der Waals surface area contributed by atoms with E-state index in [9.17, 15) is 27.2 Å². The van der Waals surface area contributed by atoms with Crippen molar-refractivity contribution in [1.29, 1.82) is 0 Å². The molecule has 0 aromatic rings. The molecule has 0 aliphatic carbocycles. The van der Waals surface area contributed by atoms with Crippen LogP contribution in [-0.2, 0) is 14.3 Å². The summed E-state index contributed by atoms with van der Waals surface area (Å²) in [5.74, 6) is -4.77. The predicted molar refractivity (Wildman–Crippen MR) is 44.9 cm³/mol. The Balaban J connectivity index is 4.19. The quantitative estimate of drug-likeness (QED) is 0.413. The van der Waals surface area contributed by atoms with Crippen molar-refractivity contribution in [2.75, 3.05) is 20.7 Å². The number of allylic oxidation sites excluding steroid dienone is 1. The van der Waals surface area contributed by atoms with E-state index in [4.69, 9.17) is 0 Å². The van der Waals surface area contributed by atoms with Crippen LogP contribution in [0.25, 0.3) is 0 Å². The van der Waals surface area contributed by atoms with Crippen LogP contribution >= 0.6 is 0 Å². The summed E-state index contributed by atoms with van der Waals surface area (Å²) in [7, 11) is 2.52. The molecule has 0 radical (unpaired) electrons. The third kappa shape index (κ3) is 4.76. The largest absolute Gasteiger partial charge is 0.454 e. The van der Waals surface area contributed by atoms with Crippen molar-refractivity contribution in [2.45, 2.75) is 6.18 Å². The smallest absolute Gasteiger partial charge is 0.442 e. The van der Waals surface area contributed by atoms with E-state index in [0.717, 1.165) is 4.90 Å². The first-order valence-corrected chi connectivity index (χ1v) is 3.97. The molecule has 0 rings (SSSR count). The molecule has 0 atom stereocenters. The number of carbonyl (C=O) groups excluding carboxylic acids is 2. The van der Waals surface area contributed by atoms with Crippen LogP contribution in [0.2, 0.25) is 0 Å². The van der Waals surface area contributed by atoms with Gasteiger partial charge in [-0.2, -0.15) is 13.2 Å². The van der Waals surface area contributed by atoms with Gasteiger partial charge < -0.3 is 9.64 Å². The lowest BCUT2D eigenvalue weighted by atomic mass is 10.4. The van der Waals surface area contributed by atoms with Crippen LogP contribution in [-0.4, -0.2) is 43.7 Å². The third-order valence-corrected chi connectivity index (χ3v) is 1.33. The third-order valence-electron chi connectivity index (χ3n) is 1.33. The molecule has 0 saturated carbocycles. The minimum atomic E-state index is -5.11. The molecule has 0 aliphatic rings. The number of halogens is 4. The predicted octanol–water partition coefficient (Wildman–Crippen LogP) is 1.03. The van der Waals surface area contributed by atoms with E-state index in [1.807, 2.05) is 0 Å². The molecule has 0 N–H and O–H groups in total. The van der Waals surface area contributed by atoms with Gasteiger partial charge in [-0.05, 0) is 6.08 Å². The first-order valence-electron chi connectivity index (χ1n) is 3.97. The summed E-state index contributed by atoms with van der Waals surface area (Å²) in [5.41, 5.74) is 0. The number of ether oxygens (including phenoxy) is 1. The number of hydrogen-bond donors (Lipinski definition) is 0. The van der Waals surface area contributed by atoms with E-state index >= 15 is 0 Å². The Kier molecular flexibility index (Phi) is 4.93. The van der Waals surface area contributed by atoms with Gasteiger partial charge >= 0.3 is 18.1 Å². The van der Waals surface area contributed by atoms with Gasteiger partial charge in [0.2, 0.25) is 5.83 Å². The normalized spacial score (nSPS) is 12.2. The van der Waals surface area contributed by atoms with Crippen LogP contribution in [0.5, 0.6) is 0 Å². The van der Waals surface area contributed by atoms with E-state index < -0.39 is 30.5 Å². The fraction of sp³-hybridized carbons (Fsp3) is 0.500. The summed E-state index contributed by atoms with van der Waals surface area (Å²) in [6.07, 6.45) is -5.08. The van der Waals surface area contributed by atoms with Crippen molar-refractivity contribution in [3.05, 3.63) is 11.9 Å². The zero-order chi connectivity index (χ0) is 12.9. The van der Waals surface area contributed by atoms with Crippen molar-refractivity contribution < 1.29 is 31.9 Å². The van der Waals surface area contributed by atoms with Crippen molar-refractivity contribution in [1.82, 2.24) is 4.90 Å². The van der Waals surface area contributed by atoms with E-state index in [1.165, 1.54) is 14.1 Å². The second-order valence-electron chi connectivity index (χ2n) is 2.85.